The number of carbonyl (C=O) groups excluding carboxylic acids is 1. The van der Waals surface area contributed by atoms with E-state index in [-0.39, 0.29) is 17.2 Å². The minimum Gasteiger partial charge on any atom is -0.347 e. The third-order valence-corrected chi connectivity index (χ3v) is 6.83. The van der Waals surface area contributed by atoms with Crippen molar-refractivity contribution in [3.8, 4) is 0 Å². The van der Waals surface area contributed by atoms with Crippen LogP contribution in [0.2, 0.25) is 0 Å². The summed E-state index contributed by atoms with van der Waals surface area (Å²) in [6.45, 7) is 9.31. The summed E-state index contributed by atoms with van der Waals surface area (Å²) in [4.78, 5) is 16.6. The predicted molar refractivity (Wildman–Crippen MR) is 111 cm³/mol. The molecule has 152 valence electrons. The van der Waals surface area contributed by atoms with Gasteiger partial charge in [0.25, 0.3) is 0 Å². The minimum atomic E-state index is 0.0790. The lowest BCUT2D eigenvalue weighted by Crippen LogP contribution is -2.59. The average molecular weight is 393 g/mol. The van der Waals surface area contributed by atoms with E-state index in [4.69, 9.17) is 0 Å². The standard InChI is InChI=1S/C22H28N6O/c1-4-27-10-17(18-7-5-6-8-20(18)27)9-26-12-22(13-26)14-28(16(2)29)11-19(22)21-24-23-15-25(21)3/h5-8,10,15,19H,4,9,11-14H2,1-3H3. The average Bonchev–Trinajstić information content (AvgIpc) is 3.37. The fourth-order valence-electron chi connectivity index (χ4n) is 5.40. The normalized spacial score (nSPS) is 21.2. The molecule has 2 aliphatic heterocycles. The predicted octanol–water partition coefficient (Wildman–Crippen LogP) is 2.24. The van der Waals surface area contributed by atoms with E-state index in [2.05, 4.69) is 57.1 Å². The molecule has 2 fully saturated rings. The second-order valence-corrected chi connectivity index (χ2v) is 8.72. The van der Waals surface area contributed by atoms with Crippen molar-refractivity contribution in [2.24, 2.45) is 12.5 Å². The van der Waals surface area contributed by atoms with Gasteiger partial charge in [-0.1, -0.05) is 18.2 Å². The van der Waals surface area contributed by atoms with Crippen LogP contribution in [-0.4, -0.2) is 61.2 Å². The number of amides is 1. The van der Waals surface area contributed by atoms with E-state index < -0.39 is 0 Å². The molecule has 0 bridgehead atoms. The summed E-state index contributed by atoms with van der Waals surface area (Å²) >= 11 is 0. The molecular formula is C22H28N6O. The lowest BCUT2D eigenvalue weighted by molar-refractivity contribution is -0.128. The Kier molecular flexibility index (Phi) is 4.24. The monoisotopic (exact) mass is 392 g/mol. The Labute approximate surface area is 170 Å². The number of hydrogen-bond acceptors (Lipinski definition) is 4. The van der Waals surface area contributed by atoms with Crippen molar-refractivity contribution in [3.63, 3.8) is 0 Å². The van der Waals surface area contributed by atoms with E-state index in [1.54, 1.807) is 13.3 Å². The number of hydrogen-bond donors (Lipinski definition) is 0. The van der Waals surface area contributed by atoms with Gasteiger partial charge in [0.2, 0.25) is 5.91 Å². The Bertz CT molecular complexity index is 1060. The molecule has 2 aliphatic rings. The minimum absolute atomic E-state index is 0.0790. The van der Waals surface area contributed by atoms with Crippen LogP contribution in [0.3, 0.4) is 0 Å². The fourth-order valence-corrected chi connectivity index (χ4v) is 5.40. The van der Waals surface area contributed by atoms with E-state index >= 15 is 0 Å². The molecule has 0 aliphatic carbocycles. The molecule has 1 unspecified atom stereocenters. The SMILES string of the molecule is CCn1cc(CN2CC3(C2)CN(C(C)=O)CC3c2nncn2C)c2ccccc21. The van der Waals surface area contributed by atoms with Gasteiger partial charge in [-0.2, -0.15) is 0 Å². The van der Waals surface area contributed by atoms with Gasteiger partial charge in [0.15, 0.2) is 0 Å². The highest BCUT2D eigenvalue weighted by molar-refractivity contribution is 5.84. The number of carbonyl (C=O) groups is 1. The van der Waals surface area contributed by atoms with Gasteiger partial charge in [0, 0.05) is 81.7 Å². The zero-order valence-electron chi connectivity index (χ0n) is 17.4. The highest BCUT2D eigenvalue weighted by Gasteiger charge is 2.56. The van der Waals surface area contributed by atoms with Gasteiger partial charge in [-0.05, 0) is 18.6 Å². The second kappa shape index (κ2) is 6.69. The Morgan fingerprint density at radius 3 is 2.72 bits per heavy atom. The number of aryl methyl sites for hydroxylation is 2. The maximum absolute atomic E-state index is 12.1. The first-order valence-electron chi connectivity index (χ1n) is 10.4. The van der Waals surface area contributed by atoms with Gasteiger partial charge >= 0.3 is 0 Å². The molecule has 2 aromatic heterocycles. The van der Waals surface area contributed by atoms with Crippen molar-refractivity contribution in [1.29, 1.82) is 0 Å². The molecule has 7 nitrogen and oxygen atoms in total. The molecule has 4 heterocycles. The third-order valence-electron chi connectivity index (χ3n) is 6.83. The van der Waals surface area contributed by atoms with E-state index in [9.17, 15) is 4.79 Å². The molecule has 1 atom stereocenters. The van der Waals surface area contributed by atoms with E-state index in [1.807, 2.05) is 16.5 Å². The summed E-state index contributed by atoms with van der Waals surface area (Å²) in [5.41, 5.74) is 2.77. The van der Waals surface area contributed by atoms with Gasteiger partial charge in [0.05, 0.1) is 0 Å². The molecular weight excluding hydrogens is 364 g/mol. The number of likely N-dealkylation sites (tertiary alicyclic amines) is 2. The fraction of sp³-hybridized carbons (Fsp3) is 0.500. The molecule has 0 saturated carbocycles. The maximum atomic E-state index is 12.1. The highest BCUT2D eigenvalue weighted by atomic mass is 16.2. The van der Waals surface area contributed by atoms with Crippen molar-refractivity contribution < 1.29 is 4.79 Å². The molecule has 3 aromatic rings. The van der Waals surface area contributed by atoms with Crippen LogP contribution in [0.4, 0.5) is 0 Å². The van der Waals surface area contributed by atoms with Crippen molar-refractivity contribution >= 4 is 16.8 Å². The Morgan fingerprint density at radius 1 is 1.24 bits per heavy atom. The van der Waals surface area contributed by atoms with Crippen LogP contribution in [0.25, 0.3) is 10.9 Å². The molecule has 29 heavy (non-hydrogen) atoms. The Morgan fingerprint density at radius 2 is 2.03 bits per heavy atom. The van der Waals surface area contributed by atoms with Crippen molar-refractivity contribution in [3.05, 3.63) is 48.2 Å². The lowest BCUT2D eigenvalue weighted by Gasteiger charge is -2.50. The summed E-state index contributed by atoms with van der Waals surface area (Å²) in [5.74, 6) is 1.39. The van der Waals surface area contributed by atoms with Crippen LogP contribution < -0.4 is 0 Å². The number of benzene rings is 1. The summed E-state index contributed by atoms with van der Waals surface area (Å²) in [6.07, 6.45) is 4.06. The lowest BCUT2D eigenvalue weighted by atomic mass is 9.71. The highest BCUT2D eigenvalue weighted by Crippen LogP contribution is 2.49. The number of para-hydroxylation sites is 1. The second-order valence-electron chi connectivity index (χ2n) is 8.72. The van der Waals surface area contributed by atoms with Crippen LogP contribution in [0.15, 0.2) is 36.8 Å². The van der Waals surface area contributed by atoms with Crippen LogP contribution in [0, 0.1) is 5.41 Å². The first-order valence-corrected chi connectivity index (χ1v) is 10.4. The smallest absolute Gasteiger partial charge is 0.219 e. The largest absolute Gasteiger partial charge is 0.347 e. The van der Waals surface area contributed by atoms with Gasteiger partial charge in [0.1, 0.15) is 12.2 Å². The van der Waals surface area contributed by atoms with E-state index in [0.717, 1.165) is 45.1 Å². The zero-order chi connectivity index (χ0) is 20.2. The van der Waals surface area contributed by atoms with Gasteiger partial charge in [-0.25, -0.2) is 0 Å². The van der Waals surface area contributed by atoms with Gasteiger partial charge in [-0.3, -0.25) is 9.69 Å². The van der Waals surface area contributed by atoms with Crippen LogP contribution in [0.1, 0.15) is 31.2 Å². The van der Waals surface area contributed by atoms with Gasteiger partial charge < -0.3 is 14.0 Å². The summed E-state index contributed by atoms with van der Waals surface area (Å²) in [6, 6.07) is 8.65. The van der Waals surface area contributed by atoms with Crippen LogP contribution in [0.5, 0.6) is 0 Å². The number of aromatic nitrogens is 4. The molecule has 2 saturated heterocycles. The number of rotatable bonds is 4. The summed E-state index contributed by atoms with van der Waals surface area (Å²) in [7, 11) is 2.00. The first-order chi connectivity index (χ1) is 14.0. The Hall–Kier alpha value is -2.67. The van der Waals surface area contributed by atoms with Crippen LogP contribution in [-0.2, 0) is 24.9 Å². The molecule has 7 heteroatoms. The van der Waals surface area contributed by atoms with Gasteiger partial charge in [-0.15, -0.1) is 10.2 Å². The summed E-state index contributed by atoms with van der Waals surface area (Å²) in [5, 5.41) is 9.82. The first kappa shape index (κ1) is 18.4. The third kappa shape index (κ3) is 2.87. The molecule has 1 amide bonds. The summed E-state index contributed by atoms with van der Waals surface area (Å²) < 4.78 is 4.34. The maximum Gasteiger partial charge on any atom is 0.219 e. The van der Waals surface area contributed by atoms with Crippen LogP contribution >= 0.6 is 0 Å². The molecule has 1 aromatic carbocycles. The quantitative estimate of drug-likeness (QED) is 0.683. The van der Waals surface area contributed by atoms with Crippen molar-refractivity contribution in [1.82, 2.24) is 29.1 Å². The van der Waals surface area contributed by atoms with Crippen molar-refractivity contribution in [2.45, 2.75) is 32.9 Å². The number of fused-ring (bicyclic) bond motifs is 1. The van der Waals surface area contributed by atoms with E-state index in [1.165, 1.54) is 16.5 Å². The van der Waals surface area contributed by atoms with E-state index in [0.29, 0.717) is 0 Å². The zero-order valence-corrected chi connectivity index (χ0v) is 17.4. The Balaban J connectivity index is 1.38. The molecule has 5 rings (SSSR count). The molecule has 0 radical (unpaired) electrons. The van der Waals surface area contributed by atoms with Crippen molar-refractivity contribution in [2.75, 3.05) is 26.2 Å². The topological polar surface area (TPSA) is 59.2 Å². The molecule has 1 spiro atoms. The molecule has 0 N–H and O–H groups in total. The number of nitrogens with zero attached hydrogens (tertiary/aromatic N) is 6.